The van der Waals surface area contributed by atoms with Gasteiger partial charge in [-0.3, -0.25) is 30.6 Å². The van der Waals surface area contributed by atoms with E-state index in [4.69, 9.17) is 38.2 Å². The van der Waals surface area contributed by atoms with Crippen LogP contribution in [0.2, 0.25) is 0 Å². The standard InChI is InChI=1S/C31H46N12O6/c1-18(44)24(43-27(46)23(10-6-16-39-30(36)37)42-31(48)49-21-7-3-2-4-8-21)28(47)41-22(9-5-15-38-29(34)35)26(45)40-17-19-11-13-20(14-12-19)25(32)33/h2-4,7-8,11-14,18,22-24,44H,5-6,9-10,15-17H2,1H3,(H3,32,33)(H,40,45)(H,41,47)(H,42,48)(H,43,46)(H4,34,35,38)(H4,36,37,39)/t18-,22+,23+,24+/m1/s1. The van der Waals surface area contributed by atoms with Gasteiger partial charge in [-0.25, -0.2) is 4.79 Å². The van der Waals surface area contributed by atoms with Crippen LogP contribution < -0.4 is 53.8 Å². The lowest BCUT2D eigenvalue weighted by atomic mass is 10.1. The van der Waals surface area contributed by atoms with Crippen LogP contribution in [0, 0.1) is 16.2 Å². The molecule has 2 aromatic carbocycles. The quantitative estimate of drug-likeness (QED) is 0.0465. The van der Waals surface area contributed by atoms with Crippen molar-refractivity contribution in [2.24, 2.45) is 17.2 Å². The normalized spacial score (nSPS) is 12.9. The lowest BCUT2D eigenvalue weighted by Gasteiger charge is -2.27. The molecule has 0 saturated carbocycles. The molecule has 0 bridgehead atoms. The Kier molecular flexibility index (Phi) is 16.3. The summed E-state index contributed by atoms with van der Waals surface area (Å²) in [6.07, 6.45) is -1.59. The molecule has 18 nitrogen and oxygen atoms in total. The summed E-state index contributed by atoms with van der Waals surface area (Å²) in [5.74, 6) is -2.63. The van der Waals surface area contributed by atoms with Gasteiger partial charge in [-0.15, -0.1) is 0 Å². The number of rotatable bonds is 19. The zero-order valence-electron chi connectivity index (χ0n) is 27.2. The molecule has 4 amide bonds. The van der Waals surface area contributed by atoms with Crippen LogP contribution in [0.3, 0.4) is 0 Å². The minimum Gasteiger partial charge on any atom is -0.410 e. The van der Waals surface area contributed by atoms with Crippen molar-refractivity contribution in [1.82, 2.24) is 31.9 Å². The molecule has 0 radical (unpaired) electrons. The lowest BCUT2D eigenvalue weighted by molar-refractivity contribution is -0.135. The molecule has 4 atom stereocenters. The highest BCUT2D eigenvalue weighted by Crippen LogP contribution is 2.10. The Morgan fingerprint density at radius 2 is 1.29 bits per heavy atom. The Morgan fingerprint density at radius 1 is 0.735 bits per heavy atom. The molecule has 0 heterocycles. The molecule has 0 aliphatic carbocycles. The number of carbonyl (C=O) groups excluding carboxylic acids is 4. The van der Waals surface area contributed by atoms with E-state index in [9.17, 15) is 24.3 Å². The first kappa shape index (κ1) is 39.3. The van der Waals surface area contributed by atoms with Crippen LogP contribution in [0.4, 0.5) is 4.79 Å². The van der Waals surface area contributed by atoms with Crippen LogP contribution in [-0.4, -0.2) is 84.0 Å². The van der Waals surface area contributed by atoms with Gasteiger partial charge in [0.25, 0.3) is 0 Å². The largest absolute Gasteiger partial charge is 0.413 e. The van der Waals surface area contributed by atoms with Gasteiger partial charge in [0.2, 0.25) is 17.7 Å². The summed E-state index contributed by atoms with van der Waals surface area (Å²) in [6.45, 7) is 1.83. The summed E-state index contributed by atoms with van der Waals surface area (Å²) in [7, 11) is 0. The van der Waals surface area contributed by atoms with Crippen molar-refractivity contribution >= 4 is 41.6 Å². The van der Waals surface area contributed by atoms with Crippen LogP contribution in [0.25, 0.3) is 0 Å². The zero-order valence-corrected chi connectivity index (χ0v) is 27.2. The topological polar surface area (TPSA) is 320 Å². The second-order valence-corrected chi connectivity index (χ2v) is 11.0. The SMILES string of the molecule is C[C@@H](O)[C@H](NC(=O)[C@H](CCCNC(=N)N)NC(=O)Oc1ccccc1)C(=O)N[C@@H](CCCNC(=N)N)C(=O)NCc1ccc(C(=N)N)cc1. The number of ether oxygens (including phenoxy) is 1. The number of nitrogens with one attached hydrogen (secondary N) is 9. The molecular formula is C31H46N12O6. The van der Waals surface area contributed by atoms with Crippen LogP contribution in [0.15, 0.2) is 54.6 Å². The van der Waals surface area contributed by atoms with Gasteiger partial charge in [0.05, 0.1) is 6.10 Å². The third-order valence-corrected chi connectivity index (χ3v) is 6.96. The summed E-state index contributed by atoms with van der Waals surface area (Å²) in [5, 5.41) is 48.1. The predicted octanol–water partition coefficient (Wildman–Crippen LogP) is -1.38. The lowest BCUT2D eigenvalue weighted by Crippen LogP contribution is -2.60. The second kappa shape index (κ2) is 20.4. The first-order valence-corrected chi connectivity index (χ1v) is 15.5. The molecule has 0 spiro atoms. The highest BCUT2D eigenvalue weighted by Gasteiger charge is 2.32. The van der Waals surface area contributed by atoms with Crippen LogP contribution >= 0.6 is 0 Å². The summed E-state index contributed by atoms with van der Waals surface area (Å²) in [5.41, 5.74) is 17.4. The van der Waals surface area contributed by atoms with Crippen molar-refractivity contribution in [2.75, 3.05) is 13.1 Å². The number of amidine groups is 1. The maximum absolute atomic E-state index is 13.4. The number of para-hydroxylation sites is 1. The Bertz CT molecular complexity index is 1440. The van der Waals surface area contributed by atoms with Gasteiger partial charge in [-0.2, -0.15) is 0 Å². The number of hydrogen-bond donors (Lipinski definition) is 13. The monoisotopic (exact) mass is 682 g/mol. The Balaban J connectivity index is 2.15. The molecule has 2 aromatic rings. The average molecular weight is 683 g/mol. The zero-order chi connectivity index (χ0) is 36.3. The van der Waals surface area contributed by atoms with Crippen molar-refractivity contribution in [2.45, 2.75) is 63.4 Å². The summed E-state index contributed by atoms with van der Waals surface area (Å²) < 4.78 is 5.24. The third kappa shape index (κ3) is 15.0. The number of guanidine groups is 2. The minimum absolute atomic E-state index is 0.0473. The van der Waals surface area contributed by atoms with E-state index < -0.39 is 48.0 Å². The van der Waals surface area contributed by atoms with Crippen molar-refractivity contribution in [3.63, 3.8) is 0 Å². The van der Waals surface area contributed by atoms with Gasteiger partial charge in [0.15, 0.2) is 11.9 Å². The first-order chi connectivity index (χ1) is 23.3. The summed E-state index contributed by atoms with van der Waals surface area (Å²) >= 11 is 0. The first-order valence-electron chi connectivity index (χ1n) is 15.5. The van der Waals surface area contributed by atoms with Crippen molar-refractivity contribution in [1.29, 1.82) is 16.2 Å². The average Bonchev–Trinajstić information content (AvgIpc) is 3.05. The number of nitrogen functional groups attached to an aromatic ring is 1. The molecule has 2 rings (SSSR count). The highest BCUT2D eigenvalue weighted by atomic mass is 16.6. The van der Waals surface area contributed by atoms with Gasteiger partial charge < -0.3 is 58.9 Å². The molecule has 266 valence electrons. The third-order valence-electron chi connectivity index (χ3n) is 6.96. The number of carbonyl (C=O) groups is 4. The number of nitrogens with two attached hydrogens (primary N) is 3. The Morgan fingerprint density at radius 3 is 1.80 bits per heavy atom. The maximum Gasteiger partial charge on any atom is 0.413 e. The summed E-state index contributed by atoms with van der Waals surface area (Å²) in [4.78, 5) is 52.7. The second-order valence-electron chi connectivity index (χ2n) is 11.0. The molecular weight excluding hydrogens is 636 g/mol. The molecule has 0 aromatic heterocycles. The number of amides is 4. The molecule has 16 N–H and O–H groups in total. The smallest absolute Gasteiger partial charge is 0.410 e. The fraction of sp³-hybridized carbons (Fsp3) is 0.387. The maximum atomic E-state index is 13.4. The fourth-order valence-electron chi connectivity index (χ4n) is 4.40. The van der Waals surface area contributed by atoms with Gasteiger partial charge >= 0.3 is 6.09 Å². The van der Waals surface area contributed by atoms with E-state index in [1.807, 2.05) is 0 Å². The van der Waals surface area contributed by atoms with Gasteiger partial charge in [-0.05, 0) is 50.3 Å². The van der Waals surface area contributed by atoms with Crippen molar-refractivity contribution in [3.05, 3.63) is 65.7 Å². The number of benzene rings is 2. The van der Waals surface area contributed by atoms with Crippen molar-refractivity contribution in [3.8, 4) is 5.75 Å². The molecule has 0 saturated heterocycles. The van der Waals surface area contributed by atoms with Gasteiger partial charge in [-0.1, -0.05) is 42.5 Å². The Labute approximate surface area is 283 Å². The summed E-state index contributed by atoms with van der Waals surface area (Å²) in [6, 6.07) is 10.9. The van der Waals surface area contributed by atoms with Crippen LogP contribution in [0.5, 0.6) is 5.75 Å². The molecule has 18 heteroatoms. The molecule has 0 fully saturated rings. The molecule has 0 unspecified atom stereocenters. The minimum atomic E-state index is -1.53. The molecule has 0 aliphatic rings. The number of aliphatic hydroxyl groups is 1. The predicted molar refractivity (Wildman–Crippen MR) is 183 cm³/mol. The fourth-order valence-corrected chi connectivity index (χ4v) is 4.40. The highest BCUT2D eigenvalue weighted by molar-refractivity contribution is 5.95. The number of hydrogen-bond acceptors (Lipinski definition) is 9. The van der Waals surface area contributed by atoms with E-state index in [1.165, 1.54) is 6.92 Å². The van der Waals surface area contributed by atoms with E-state index in [0.29, 0.717) is 17.5 Å². The van der Waals surface area contributed by atoms with E-state index in [0.717, 1.165) is 0 Å². The Hall–Kier alpha value is -5.91. The molecule has 49 heavy (non-hydrogen) atoms. The van der Waals surface area contributed by atoms with Crippen molar-refractivity contribution < 1.29 is 29.0 Å². The number of aliphatic hydroxyl groups excluding tert-OH is 1. The van der Waals surface area contributed by atoms with Crippen LogP contribution in [-0.2, 0) is 20.9 Å². The van der Waals surface area contributed by atoms with E-state index in [2.05, 4.69) is 31.9 Å². The van der Waals surface area contributed by atoms with E-state index >= 15 is 0 Å². The van der Waals surface area contributed by atoms with Crippen LogP contribution in [0.1, 0.15) is 43.7 Å². The molecule has 0 aliphatic heterocycles. The van der Waals surface area contributed by atoms with Gasteiger partial charge in [0, 0.05) is 25.2 Å². The van der Waals surface area contributed by atoms with Gasteiger partial charge in [0.1, 0.15) is 29.7 Å². The van der Waals surface area contributed by atoms with E-state index in [1.54, 1.807) is 54.6 Å². The van der Waals surface area contributed by atoms with E-state index in [-0.39, 0.29) is 62.4 Å².